The SMILES string of the molecule is CC.CCC.CCN1CCN(C(=O)CN2CCN(C(=O)c3c(OC)cccc3OC)CC2)CC1. The fourth-order valence-electron chi connectivity index (χ4n) is 3.93. The number of benzene rings is 1. The van der Waals surface area contributed by atoms with Crippen LogP contribution in [0.4, 0.5) is 0 Å². The van der Waals surface area contributed by atoms with E-state index in [1.807, 2.05) is 18.7 Å². The lowest BCUT2D eigenvalue weighted by atomic mass is 10.1. The fourth-order valence-corrected chi connectivity index (χ4v) is 3.93. The van der Waals surface area contributed by atoms with Crippen molar-refractivity contribution in [3.63, 3.8) is 0 Å². The van der Waals surface area contributed by atoms with Crippen LogP contribution in [0.3, 0.4) is 0 Å². The summed E-state index contributed by atoms with van der Waals surface area (Å²) in [4.78, 5) is 33.9. The van der Waals surface area contributed by atoms with E-state index in [2.05, 4.69) is 30.6 Å². The molecule has 0 spiro atoms. The number of nitrogens with zero attached hydrogens (tertiary/aromatic N) is 4. The smallest absolute Gasteiger partial charge is 0.261 e. The van der Waals surface area contributed by atoms with Gasteiger partial charge in [0, 0.05) is 52.4 Å². The van der Waals surface area contributed by atoms with Crippen LogP contribution < -0.4 is 9.47 Å². The van der Waals surface area contributed by atoms with Crippen LogP contribution in [0.5, 0.6) is 11.5 Å². The van der Waals surface area contributed by atoms with Crippen LogP contribution in [-0.4, -0.2) is 111 Å². The van der Waals surface area contributed by atoms with Crippen LogP contribution in [0.2, 0.25) is 0 Å². The van der Waals surface area contributed by atoms with Crippen molar-refractivity contribution in [2.75, 3.05) is 79.7 Å². The maximum absolute atomic E-state index is 13.1. The minimum absolute atomic E-state index is 0.0963. The number of ether oxygens (including phenoxy) is 2. The summed E-state index contributed by atoms with van der Waals surface area (Å²) >= 11 is 0. The van der Waals surface area contributed by atoms with Gasteiger partial charge in [-0.05, 0) is 18.7 Å². The summed E-state index contributed by atoms with van der Waals surface area (Å²) in [6.07, 6.45) is 1.25. The third kappa shape index (κ3) is 8.47. The van der Waals surface area contributed by atoms with Crippen LogP contribution in [0.25, 0.3) is 0 Å². The van der Waals surface area contributed by atoms with E-state index in [4.69, 9.17) is 9.47 Å². The van der Waals surface area contributed by atoms with Crippen molar-refractivity contribution in [3.8, 4) is 11.5 Å². The summed E-state index contributed by atoms with van der Waals surface area (Å²) in [5.74, 6) is 1.12. The molecule has 34 heavy (non-hydrogen) atoms. The van der Waals surface area contributed by atoms with Crippen LogP contribution in [0, 0.1) is 0 Å². The molecule has 0 atom stereocenters. The zero-order valence-electron chi connectivity index (χ0n) is 22.4. The van der Waals surface area contributed by atoms with Gasteiger partial charge in [-0.3, -0.25) is 14.5 Å². The number of hydrogen-bond donors (Lipinski definition) is 0. The van der Waals surface area contributed by atoms with E-state index < -0.39 is 0 Å². The van der Waals surface area contributed by atoms with Crippen LogP contribution >= 0.6 is 0 Å². The quantitative estimate of drug-likeness (QED) is 0.626. The van der Waals surface area contributed by atoms with Gasteiger partial charge < -0.3 is 24.2 Å². The lowest BCUT2D eigenvalue weighted by Gasteiger charge is -2.38. The average Bonchev–Trinajstić information content (AvgIpc) is 2.89. The molecule has 0 bridgehead atoms. The topological polar surface area (TPSA) is 65.6 Å². The summed E-state index contributed by atoms with van der Waals surface area (Å²) < 4.78 is 10.7. The average molecular weight is 479 g/mol. The van der Waals surface area contributed by atoms with Gasteiger partial charge in [0.2, 0.25) is 5.91 Å². The fraction of sp³-hybridized carbons (Fsp3) is 0.692. The second-order valence-electron chi connectivity index (χ2n) is 8.13. The van der Waals surface area contributed by atoms with Gasteiger partial charge in [0.15, 0.2) is 0 Å². The molecule has 8 heteroatoms. The zero-order valence-corrected chi connectivity index (χ0v) is 22.4. The Labute approximate surface area is 206 Å². The van der Waals surface area contributed by atoms with Crippen molar-refractivity contribution >= 4 is 11.8 Å². The van der Waals surface area contributed by atoms with E-state index in [0.29, 0.717) is 49.8 Å². The molecule has 2 aliphatic heterocycles. The van der Waals surface area contributed by atoms with E-state index in [1.54, 1.807) is 37.3 Å². The van der Waals surface area contributed by atoms with Gasteiger partial charge in [-0.2, -0.15) is 0 Å². The molecule has 0 radical (unpaired) electrons. The van der Waals surface area contributed by atoms with E-state index in [1.165, 1.54) is 6.42 Å². The minimum Gasteiger partial charge on any atom is -0.496 e. The molecule has 0 unspecified atom stereocenters. The Hall–Kier alpha value is -2.32. The number of rotatable bonds is 6. The summed E-state index contributed by atoms with van der Waals surface area (Å²) in [5, 5.41) is 0. The maximum Gasteiger partial charge on any atom is 0.261 e. The van der Waals surface area contributed by atoms with Gasteiger partial charge in [0.25, 0.3) is 5.91 Å². The molecule has 8 nitrogen and oxygen atoms in total. The third-order valence-corrected chi connectivity index (χ3v) is 5.83. The molecule has 2 saturated heterocycles. The first-order valence-corrected chi connectivity index (χ1v) is 12.7. The number of piperazine rings is 2. The molecule has 1 aromatic carbocycles. The first-order valence-electron chi connectivity index (χ1n) is 12.7. The molecule has 2 heterocycles. The van der Waals surface area contributed by atoms with Crippen LogP contribution in [0.15, 0.2) is 18.2 Å². The molecule has 0 saturated carbocycles. The summed E-state index contributed by atoms with van der Waals surface area (Å²) in [6.45, 7) is 17.9. The number of carbonyl (C=O) groups excluding carboxylic acids is 2. The van der Waals surface area contributed by atoms with E-state index in [0.717, 1.165) is 32.7 Å². The number of carbonyl (C=O) groups is 2. The Morgan fingerprint density at radius 3 is 1.65 bits per heavy atom. The standard InChI is InChI=1S/C21H32N4O4.C3H8.C2H6/c1-4-22-8-12-24(13-9-22)19(26)16-23-10-14-25(15-11-23)21(27)20-17(28-2)6-5-7-18(20)29-3;1-3-2;1-2/h5-7H,4,8-16H2,1-3H3;3H2,1-2H3;1-2H3. The van der Waals surface area contributed by atoms with E-state index in [-0.39, 0.29) is 11.8 Å². The summed E-state index contributed by atoms with van der Waals surface area (Å²) in [7, 11) is 3.10. The Kier molecular flexibility index (Phi) is 14.3. The van der Waals surface area contributed by atoms with Crippen molar-refractivity contribution in [1.29, 1.82) is 0 Å². The van der Waals surface area contributed by atoms with Gasteiger partial charge in [-0.15, -0.1) is 0 Å². The number of methoxy groups -OCH3 is 2. The molecule has 2 fully saturated rings. The highest BCUT2D eigenvalue weighted by molar-refractivity contribution is 5.99. The summed E-state index contributed by atoms with van der Waals surface area (Å²) in [6, 6.07) is 5.34. The lowest BCUT2D eigenvalue weighted by molar-refractivity contribution is -0.134. The highest BCUT2D eigenvalue weighted by Crippen LogP contribution is 2.29. The first kappa shape index (κ1) is 29.7. The van der Waals surface area contributed by atoms with Crippen molar-refractivity contribution in [2.24, 2.45) is 0 Å². The number of hydrogen-bond acceptors (Lipinski definition) is 6. The Balaban J connectivity index is 0.00000107. The minimum atomic E-state index is -0.0963. The second kappa shape index (κ2) is 16.3. The normalized spacial score (nSPS) is 16.6. The molecule has 194 valence electrons. The Bertz CT molecular complexity index is 705. The Morgan fingerprint density at radius 2 is 1.21 bits per heavy atom. The highest BCUT2D eigenvalue weighted by atomic mass is 16.5. The van der Waals surface area contributed by atoms with Crippen molar-refractivity contribution < 1.29 is 19.1 Å². The predicted octanol–water partition coefficient (Wildman–Crippen LogP) is 3.07. The predicted molar refractivity (Wildman–Crippen MR) is 138 cm³/mol. The highest BCUT2D eigenvalue weighted by Gasteiger charge is 2.29. The van der Waals surface area contributed by atoms with Gasteiger partial charge in [-0.1, -0.05) is 47.1 Å². The first-order chi connectivity index (χ1) is 16.5. The van der Waals surface area contributed by atoms with Gasteiger partial charge in [0.1, 0.15) is 17.1 Å². The molecular formula is C26H46N4O4. The molecule has 1 aromatic rings. The van der Waals surface area contributed by atoms with E-state index in [9.17, 15) is 9.59 Å². The molecular weight excluding hydrogens is 432 g/mol. The van der Waals surface area contributed by atoms with Crippen LogP contribution in [-0.2, 0) is 4.79 Å². The van der Waals surface area contributed by atoms with Gasteiger partial charge >= 0.3 is 0 Å². The molecule has 0 N–H and O–H groups in total. The number of likely N-dealkylation sites (N-methyl/N-ethyl adjacent to an activating group) is 1. The van der Waals surface area contributed by atoms with Crippen LogP contribution in [0.1, 0.15) is 51.4 Å². The molecule has 0 aromatic heterocycles. The monoisotopic (exact) mass is 478 g/mol. The largest absolute Gasteiger partial charge is 0.496 e. The van der Waals surface area contributed by atoms with E-state index >= 15 is 0 Å². The molecule has 2 aliphatic rings. The lowest BCUT2D eigenvalue weighted by Crippen LogP contribution is -2.54. The Morgan fingerprint density at radius 1 is 0.765 bits per heavy atom. The summed E-state index contributed by atoms with van der Waals surface area (Å²) in [5.41, 5.74) is 0.454. The zero-order chi connectivity index (χ0) is 25.5. The van der Waals surface area contributed by atoms with Gasteiger partial charge in [-0.25, -0.2) is 0 Å². The second-order valence-corrected chi connectivity index (χ2v) is 8.13. The number of amides is 2. The van der Waals surface area contributed by atoms with Crippen molar-refractivity contribution in [2.45, 2.75) is 41.0 Å². The molecule has 2 amide bonds. The van der Waals surface area contributed by atoms with Gasteiger partial charge in [0.05, 0.1) is 20.8 Å². The molecule has 0 aliphatic carbocycles. The third-order valence-electron chi connectivity index (χ3n) is 5.83. The van der Waals surface area contributed by atoms with Crippen molar-refractivity contribution in [3.05, 3.63) is 23.8 Å². The molecule has 3 rings (SSSR count). The maximum atomic E-state index is 13.1. The van der Waals surface area contributed by atoms with Crippen molar-refractivity contribution in [1.82, 2.24) is 19.6 Å².